The maximum absolute atomic E-state index is 14.7. The Morgan fingerprint density at radius 2 is 1.00 bits per heavy atom. The van der Waals surface area contributed by atoms with Crippen molar-refractivity contribution in [1.29, 1.82) is 21.0 Å². The minimum absolute atomic E-state index is 1.12. The number of benzene rings is 1. The third-order valence-electron chi connectivity index (χ3n) is 5.37. The first-order valence-electron chi connectivity index (χ1n) is 9.32. The van der Waals surface area contributed by atoms with E-state index < -0.39 is 90.8 Å². The lowest BCUT2D eigenvalue weighted by Crippen LogP contribution is -2.20. The van der Waals surface area contributed by atoms with Crippen LogP contribution in [-0.4, -0.2) is 0 Å². The summed E-state index contributed by atoms with van der Waals surface area (Å²) in [4.78, 5) is 11.1. The molecule has 2 aliphatic carbocycles. The lowest BCUT2D eigenvalue weighted by Gasteiger charge is -2.25. The molecule has 14 heteroatoms. The standard InChI is InChI=1S/C24F6N8/c1-35-11(7-33)13-9(5-31)10(6-32)14-16(13)20(24(28,29)30)17-15(12(8-34)36-2)21(37-3)22(38-4)18(17)19(14)23(25,26)27/b13-11-,15-12-. The molecule has 0 heterocycles. The van der Waals surface area contributed by atoms with Crippen LogP contribution in [0.3, 0.4) is 0 Å². The van der Waals surface area contributed by atoms with Gasteiger partial charge in [0.15, 0.2) is 5.70 Å². The molecule has 178 valence electrons. The molecule has 0 atom stereocenters. The van der Waals surface area contributed by atoms with Crippen LogP contribution in [0.5, 0.6) is 0 Å². The molecule has 1 aromatic rings. The monoisotopic (exact) mass is 514 g/mol. The van der Waals surface area contributed by atoms with Crippen molar-refractivity contribution in [3.63, 3.8) is 0 Å². The van der Waals surface area contributed by atoms with Crippen molar-refractivity contribution in [2.75, 3.05) is 0 Å². The zero-order valence-electron chi connectivity index (χ0n) is 17.8. The van der Waals surface area contributed by atoms with Gasteiger partial charge in [0.25, 0.3) is 11.4 Å². The average Bonchev–Trinajstić information content (AvgIpc) is 3.34. The molecule has 0 unspecified atom stereocenters. The smallest absolute Gasteiger partial charge is 0.251 e. The Labute approximate surface area is 208 Å². The molecule has 1 aromatic carbocycles. The summed E-state index contributed by atoms with van der Waals surface area (Å²) in [6.45, 7) is 29.0. The fourth-order valence-corrected chi connectivity index (χ4v) is 4.22. The number of rotatable bonds is 0. The van der Waals surface area contributed by atoms with Crippen LogP contribution in [0.25, 0.3) is 41.8 Å². The number of alkyl halides is 6. The van der Waals surface area contributed by atoms with E-state index in [0.29, 0.717) is 0 Å². The van der Waals surface area contributed by atoms with Gasteiger partial charge in [-0.1, -0.05) is 0 Å². The molecule has 0 saturated heterocycles. The molecule has 0 N–H and O–H groups in total. The van der Waals surface area contributed by atoms with Crippen LogP contribution in [0, 0.1) is 71.6 Å². The number of hydrogen-bond acceptors (Lipinski definition) is 4. The molecule has 3 rings (SSSR count). The second-order valence-corrected chi connectivity index (χ2v) is 7.03. The normalized spacial score (nSPS) is 16.4. The van der Waals surface area contributed by atoms with Gasteiger partial charge in [-0.05, 0) is 22.3 Å². The summed E-state index contributed by atoms with van der Waals surface area (Å²) in [5.74, 6) is 0. The van der Waals surface area contributed by atoms with Gasteiger partial charge in [0.2, 0.25) is 5.70 Å². The Bertz CT molecular complexity index is 1700. The quantitative estimate of drug-likeness (QED) is 0.228. The molecule has 0 fully saturated rings. The highest BCUT2D eigenvalue weighted by Gasteiger charge is 2.53. The van der Waals surface area contributed by atoms with E-state index in [1.165, 1.54) is 24.3 Å². The van der Waals surface area contributed by atoms with E-state index >= 15 is 0 Å². The second kappa shape index (κ2) is 8.72. The topological polar surface area (TPSA) is 113 Å². The van der Waals surface area contributed by atoms with Crippen molar-refractivity contribution in [2.24, 2.45) is 0 Å². The average molecular weight is 514 g/mol. The molecule has 0 amide bonds. The second-order valence-electron chi connectivity index (χ2n) is 7.03. The SMILES string of the molecule is [C-]#[N+]C1=C([N+]#[C-])c2c(c(C(F)(F)F)c3c(c2C(F)(F)F)C(C#N)=C(C#N)/C3=C(\C#N)[N+]#[C-])/C1=C(\C#N)[N+]#[C-]. The maximum Gasteiger partial charge on any atom is 0.417 e. The highest BCUT2D eigenvalue weighted by Crippen LogP contribution is 2.60. The van der Waals surface area contributed by atoms with Gasteiger partial charge in [-0.3, -0.25) is 4.85 Å². The number of nitriles is 4. The molecule has 0 bridgehead atoms. The van der Waals surface area contributed by atoms with E-state index in [1.54, 1.807) is 0 Å². The van der Waals surface area contributed by atoms with E-state index in [1.807, 2.05) is 0 Å². The lowest BCUT2D eigenvalue weighted by atomic mass is 9.83. The first kappa shape index (κ1) is 26.3. The molecule has 0 radical (unpaired) electrons. The highest BCUT2D eigenvalue weighted by molar-refractivity contribution is 6.15. The lowest BCUT2D eigenvalue weighted by molar-refractivity contribution is -0.141. The minimum atomic E-state index is -5.67. The summed E-state index contributed by atoms with van der Waals surface area (Å²) in [6.07, 6.45) is -11.3. The van der Waals surface area contributed by atoms with Gasteiger partial charge in [-0.2, -0.15) is 36.9 Å². The largest absolute Gasteiger partial charge is 0.417 e. The maximum atomic E-state index is 14.7. The Morgan fingerprint density at radius 1 is 0.579 bits per heavy atom. The van der Waals surface area contributed by atoms with Crippen LogP contribution >= 0.6 is 0 Å². The summed E-state index contributed by atoms with van der Waals surface area (Å²) in [5, 5.41) is 37.9. The van der Waals surface area contributed by atoms with E-state index in [4.69, 9.17) is 26.3 Å². The van der Waals surface area contributed by atoms with Crippen LogP contribution in [0.2, 0.25) is 0 Å². The van der Waals surface area contributed by atoms with Gasteiger partial charge in [-0.15, -0.1) is 0 Å². The third-order valence-corrected chi connectivity index (χ3v) is 5.37. The van der Waals surface area contributed by atoms with Crippen LogP contribution in [0.15, 0.2) is 22.7 Å². The summed E-state index contributed by atoms with van der Waals surface area (Å²) in [7, 11) is 0. The Kier molecular flexibility index (Phi) is 6.03. The number of halogens is 6. The molecule has 0 spiro atoms. The Hall–Kier alpha value is -6.32. The Balaban J connectivity index is 3.03. The van der Waals surface area contributed by atoms with Gasteiger partial charge in [0, 0.05) is 11.1 Å². The third kappa shape index (κ3) is 3.33. The van der Waals surface area contributed by atoms with Crippen molar-refractivity contribution in [2.45, 2.75) is 12.4 Å². The van der Waals surface area contributed by atoms with Crippen molar-refractivity contribution in [1.82, 2.24) is 0 Å². The van der Waals surface area contributed by atoms with Crippen LogP contribution in [0.4, 0.5) is 26.3 Å². The molecule has 8 nitrogen and oxygen atoms in total. The fourth-order valence-electron chi connectivity index (χ4n) is 4.22. The molecule has 0 saturated carbocycles. The van der Waals surface area contributed by atoms with Crippen molar-refractivity contribution >= 4 is 22.4 Å². The summed E-state index contributed by atoms with van der Waals surface area (Å²) in [5.41, 5.74) is -19.8. The van der Waals surface area contributed by atoms with Crippen LogP contribution in [-0.2, 0) is 12.4 Å². The van der Waals surface area contributed by atoms with Crippen LogP contribution < -0.4 is 0 Å². The van der Waals surface area contributed by atoms with Crippen LogP contribution in [0.1, 0.15) is 33.4 Å². The van der Waals surface area contributed by atoms with E-state index in [9.17, 15) is 47.4 Å². The highest BCUT2D eigenvalue weighted by atomic mass is 19.4. The molecule has 2 aliphatic rings. The first-order chi connectivity index (χ1) is 17.8. The molecule has 38 heavy (non-hydrogen) atoms. The molecule has 0 aliphatic heterocycles. The molecular weight excluding hydrogens is 514 g/mol. The van der Waals surface area contributed by atoms with E-state index in [-0.39, 0.29) is 0 Å². The number of nitrogens with zero attached hydrogens (tertiary/aromatic N) is 8. The van der Waals surface area contributed by atoms with Crippen molar-refractivity contribution < 1.29 is 26.3 Å². The molecule has 0 aromatic heterocycles. The predicted octanol–water partition coefficient (Wildman–Crippen LogP) is 6.37. The van der Waals surface area contributed by atoms with Gasteiger partial charge in [-0.25, -0.2) is 25.1 Å². The molecular formula is C24F6N8. The summed E-state index contributed by atoms with van der Waals surface area (Å²) < 4.78 is 88.0. The number of allylic oxidation sites excluding steroid dienone is 6. The van der Waals surface area contributed by atoms with Crippen molar-refractivity contribution in [3.8, 4) is 24.3 Å². The fraction of sp³-hybridized carbons (Fsp3) is 0.0833. The van der Waals surface area contributed by atoms with E-state index in [0.717, 1.165) is 0 Å². The van der Waals surface area contributed by atoms with Gasteiger partial charge < -0.3 is 0 Å². The zero-order chi connectivity index (χ0) is 28.7. The van der Waals surface area contributed by atoms with E-state index in [2.05, 4.69) is 19.4 Å². The van der Waals surface area contributed by atoms with Gasteiger partial charge in [0.1, 0.15) is 6.07 Å². The number of fused-ring (bicyclic) bond motifs is 2. The van der Waals surface area contributed by atoms with Gasteiger partial charge in [0.05, 0.1) is 66.8 Å². The number of hydrogen-bond donors (Lipinski definition) is 0. The summed E-state index contributed by atoms with van der Waals surface area (Å²) >= 11 is 0. The van der Waals surface area contributed by atoms with Crippen molar-refractivity contribution in [3.05, 3.63) is 102 Å². The Morgan fingerprint density at radius 3 is 1.37 bits per heavy atom. The van der Waals surface area contributed by atoms with Gasteiger partial charge >= 0.3 is 12.4 Å². The zero-order valence-corrected chi connectivity index (χ0v) is 17.8. The predicted molar refractivity (Wildman–Crippen MR) is 113 cm³/mol. The summed E-state index contributed by atoms with van der Waals surface area (Å²) in [6, 6.07) is 4.93. The minimum Gasteiger partial charge on any atom is -0.251 e. The first-order valence-corrected chi connectivity index (χ1v) is 9.32.